The van der Waals surface area contributed by atoms with Gasteiger partial charge in [-0.15, -0.1) is 0 Å². The van der Waals surface area contributed by atoms with Crippen molar-refractivity contribution in [2.75, 3.05) is 0 Å². The zero-order valence-corrected chi connectivity index (χ0v) is 12.6. The van der Waals surface area contributed by atoms with Gasteiger partial charge in [-0.1, -0.05) is 30.3 Å². The lowest BCUT2D eigenvalue weighted by Crippen LogP contribution is -2.17. The molecule has 0 unspecified atom stereocenters. The van der Waals surface area contributed by atoms with Gasteiger partial charge in [-0.25, -0.2) is 9.67 Å². The molecule has 4 aromatic rings. The second-order valence-corrected chi connectivity index (χ2v) is 5.45. The van der Waals surface area contributed by atoms with Crippen LogP contribution in [0.2, 0.25) is 0 Å². The van der Waals surface area contributed by atoms with Gasteiger partial charge in [0.25, 0.3) is 5.56 Å². The van der Waals surface area contributed by atoms with Crippen LogP contribution in [0.15, 0.2) is 59.9 Å². The molecule has 0 fully saturated rings. The number of benzene rings is 1. The van der Waals surface area contributed by atoms with Crippen molar-refractivity contribution in [3.8, 4) is 11.4 Å². The van der Waals surface area contributed by atoms with E-state index in [1.165, 1.54) is 0 Å². The van der Waals surface area contributed by atoms with Crippen molar-refractivity contribution in [3.05, 3.63) is 71.0 Å². The predicted molar refractivity (Wildman–Crippen MR) is 88.1 cm³/mol. The third kappa shape index (κ3) is 2.24. The molecule has 3 heterocycles. The third-order valence-corrected chi connectivity index (χ3v) is 3.93. The molecule has 23 heavy (non-hydrogen) atoms. The molecule has 0 spiro atoms. The van der Waals surface area contributed by atoms with Gasteiger partial charge in [0.2, 0.25) is 0 Å². The Bertz CT molecular complexity index is 1030. The van der Waals surface area contributed by atoms with E-state index in [0.717, 1.165) is 22.3 Å². The molecule has 0 bridgehead atoms. The zero-order chi connectivity index (χ0) is 15.8. The smallest absolute Gasteiger partial charge is 0.274 e. The Morgan fingerprint density at radius 3 is 2.83 bits per heavy atom. The van der Waals surface area contributed by atoms with Gasteiger partial charge in [0.1, 0.15) is 11.8 Å². The minimum atomic E-state index is -0.0529. The quantitative estimate of drug-likeness (QED) is 0.631. The van der Waals surface area contributed by atoms with Crippen molar-refractivity contribution >= 4 is 10.9 Å². The van der Waals surface area contributed by atoms with Crippen LogP contribution >= 0.6 is 0 Å². The summed E-state index contributed by atoms with van der Waals surface area (Å²) < 4.78 is 3.41. The summed E-state index contributed by atoms with van der Waals surface area (Å²) >= 11 is 0. The average molecular weight is 305 g/mol. The van der Waals surface area contributed by atoms with Crippen LogP contribution in [0.4, 0.5) is 0 Å². The van der Waals surface area contributed by atoms with Crippen LogP contribution in [0.25, 0.3) is 22.3 Å². The van der Waals surface area contributed by atoms with E-state index in [1.807, 2.05) is 35.1 Å². The van der Waals surface area contributed by atoms with Gasteiger partial charge in [-0.2, -0.15) is 5.10 Å². The number of aryl methyl sites for hydroxylation is 1. The maximum absolute atomic E-state index is 12.2. The number of nitrogens with one attached hydrogen (secondary N) is 1. The van der Waals surface area contributed by atoms with E-state index in [2.05, 4.69) is 27.2 Å². The number of hydrogen-bond donors (Lipinski definition) is 1. The highest BCUT2D eigenvalue weighted by Crippen LogP contribution is 2.24. The molecule has 0 aliphatic heterocycles. The van der Waals surface area contributed by atoms with Crippen LogP contribution < -0.4 is 5.56 Å². The first-order chi connectivity index (χ1) is 11.2. The summed E-state index contributed by atoms with van der Waals surface area (Å²) in [5.41, 5.74) is 2.56. The minimum absolute atomic E-state index is 0.0529. The van der Waals surface area contributed by atoms with Crippen LogP contribution in [0.5, 0.6) is 0 Å². The van der Waals surface area contributed by atoms with Crippen molar-refractivity contribution in [3.63, 3.8) is 0 Å². The Kier molecular flexibility index (Phi) is 3.08. The number of pyridine rings is 1. The molecule has 0 aliphatic rings. The first-order valence-electron chi connectivity index (χ1n) is 7.33. The van der Waals surface area contributed by atoms with E-state index in [1.54, 1.807) is 24.1 Å². The van der Waals surface area contributed by atoms with Gasteiger partial charge in [0.05, 0.1) is 6.54 Å². The number of nitrogens with zero attached hydrogens (tertiary/aromatic N) is 4. The van der Waals surface area contributed by atoms with Crippen LogP contribution in [0.3, 0.4) is 0 Å². The van der Waals surface area contributed by atoms with Gasteiger partial charge in [-0.3, -0.25) is 4.79 Å². The van der Waals surface area contributed by atoms with Gasteiger partial charge in [-0.05, 0) is 11.6 Å². The maximum Gasteiger partial charge on any atom is 0.274 e. The van der Waals surface area contributed by atoms with E-state index in [9.17, 15) is 4.79 Å². The molecular weight excluding hydrogens is 290 g/mol. The Labute approximate surface area is 132 Å². The SMILES string of the molecule is Cn1cc(-c2ncnn2Cc2ccccc2)c2cc[nH]c2c1=O. The number of fused-ring (bicyclic) bond motifs is 1. The lowest BCUT2D eigenvalue weighted by atomic mass is 10.1. The molecule has 0 atom stereocenters. The summed E-state index contributed by atoms with van der Waals surface area (Å²) in [5.74, 6) is 0.744. The highest BCUT2D eigenvalue weighted by atomic mass is 16.1. The molecule has 1 aromatic carbocycles. The largest absolute Gasteiger partial charge is 0.357 e. The summed E-state index contributed by atoms with van der Waals surface area (Å²) in [6.07, 6.45) is 5.12. The van der Waals surface area contributed by atoms with Gasteiger partial charge in [0.15, 0.2) is 5.82 Å². The molecule has 6 heteroatoms. The molecule has 0 radical (unpaired) electrons. The monoisotopic (exact) mass is 305 g/mol. The van der Waals surface area contributed by atoms with Crippen LogP contribution in [-0.4, -0.2) is 24.3 Å². The molecule has 0 saturated carbocycles. The standard InChI is InChI=1S/C17H15N5O/c1-21-10-14(13-7-8-18-15(13)17(21)23)16-19-11-20-22(16)9-12-5-3-2-4-6-12/h2-8,10-11,18H,9H2,1H3. The van der Waals surface area contributed by atoms with Crippen molar-refractivity contribution in [2.24, 2.45) is 7.05 Å². The summed E-state index contributed by atoms with van der Waals surface area (Å²) in [4.78, 5) is 19.6. The molecule has 0 aliphatic carbocycles. The minimum Gasteiger partial charge on any atom is -0.357 e. The topological polar surface area (TPSA) is 68.5 Å². The van der Waals surface area contributed by atoms with E-state index in [-0.39, 0.29) is 5.56 Å². The average Bonchev–Trinajstić information content (AvgIpc) is 3.21. The molecule has 1 N–H and O–H groups in total. The number of rotatable bonds is 3. The molecule has 0 amide bonds. The Hall–Kier alpha value is -3.15. The summed E-state index contributed by atoms with van der Waals surface area (Å²) in [7, 11) is 1.74. The van der Waals surface area contributed by atoms with Crippen LogP contribution in [0.1, 0.15) is 5.56 Å². The zero-order valence-electron chi connectivity index (χ0n) is 12.6. The third-order valence-electron chi connectivity index (χ3n) is 3.93. The highest BCUT2D eigenvalue weighted by Gasteiger charge is 2.15. The van der Waals surface area contributed by atoms with Crippen molar-refractivity contribution in [1.82, 2.24) is 24.3 Å². The molecule has 0 saturated heterocycles. The summed E-state index contributed by atoms with van der Waals surface area (Å²) in [6.45, 7) is 0.630. The van der Waals surface area contributed by atoms with Crippen LogP contribution in [-0.2, 0) is 13.6 Å². The predicted octanol–water partition coefficient (Wildman–Crippen LogP) is 2.17. The highest BCUT2D eigenvalue weighted by molar-refractivity contribution is 5.92. The summed E-state index contributed by atoms with van der Waals surface area (Å²) in [6, 6.07) is 12.0. The summed E-state index contributed by atoms with van der Waals surface area (Å²) in [5, 5.41) is 5.20. The van der Waals surface area contributed by atoms with E-state index in [0.29, 0.717) is 12.1 Å². The van der Waals surface area contributed by atoms with Crippen molar-refractivity contribution in [2.45, 2.75) is 6.54 Å². The second kappa shape index (κ2) is 5.24. The molecule has 3 aromatic heterocycles. The normalized spacial score (nSPS) is 11.2. The fourth-order valence-corrected chi connectivity index (χ4v) is 2.79. The fourth-order valence-electron chi connectivity index (χ4n) is 2.79. The van der Waals surface area contributed by atoms with Gasteiger partial charge in [0, 0.05) is 30.4 Å². The first kappa shape index (κ1) is 13.5. The van der Waals surface area contributed by atoms with Gasteiger partial charge >= 0.3 is 0 Å². The maximum atomic E-state index is 12.2. The first-order valence-corrected chi connectivity index (χ1v) is 7.33. The molecule has 6 nitrogen and oxygen atoms in total. The molecular formula is C17H15N5O. The number of hydrogen-bond acceptors (Lipinski definition) is 3. The Morgan fingerprint density at radius 1 is 1.17 bits per heavy atom. The van der Waals surface area contributed by atoms with Crippen LogP contribution in [0, 0.1) is 0 Å². The van der Waals surface area contributed by atoms with Crippen molar-refractivity contribution in [1.29, 1.82) is 0 Å². The molecule has 4 rings (SSSR count). The molecule has 114 valence electrons. The lowest BCUT2D eigenvalue weighted by molar-refractivity contribution is 0.692. The van der Waals surface area contributed by atoms with E-state index >= 15 is 0 Å². The lowest BCUT2D eigenvalue weighted by Gasteiger charge is -2.09. The fraction of sp³-hybridized carbons (Fsp3) is 0.118. The Balaban J connectivity index is 1.87. The van der Waals surface area contributed by atoms with Gasteiger partial charge < -0.3 is 9.55 Å². The number of H-pyrrole nitrogens is 1. The second-order valence-electron chi connectivity index (χ2n) is 5.45. The van der Waals surface area contributed by atoms with E-state index in [4.69, 9.17) is 0 Å². The Morgan fingerprint density at radius 2 is 2.00 bits per heavy atom. The van der Waals surface area contributed by atoms with Crippen molar-refractivity contribution < 1.29 is 0 Å². The number of aromatic amines is 1. The van der Waals surface area contributed by atoms with E-state index < -0.39 is 0 Å². The number of aromatic nitrogens is 5.